The van der Waals surface area contributed by atoms with Crippen molar-refractivity contribution in [1.82, 2.24) is 25.1 Å². The number of piperidine rings is 2. The van der Waals surface area contributed by atoms with Crippen LogP contribution in [0.4, 0.5) is 22.4 Å². The molecule has 10 nitrogen and oxygen atoms in total. The summed E-state index contributed by atoms with van der Waals surface area (Å²) >= 11 is 1.63. The lowest BCUT2D eigenvalue weighted by atomic mass is 9.82. The zero-order chi connectivity index (χ0) is 24.7. The van der Waals surface area contributed by atoms with Crippen molar-refractivity contribution >= 4 is 45.2 Å². The zero-order valence-corrected chi connectivity index (χ0v) is 21.4. The van der Waals surface area contributed by atoms with E-state index in [4.69, 9.17) is 14.7 Å². The van der Waals surface area contributed by atoms with E-state index in [0.717, 1.165) is 47.2 Å². The number of aromatic nitrogens is 4. The summed E-state index contributed by atoms with van der Waals surface area (Å²) in [5.41, 5.74) is 0.997. The standard InChI is InChI=1S/C24H33N7O3S/c1-13-8-18-20(35-13)21(27-19-11-15(12-32)29-30-19)28-22(26-18)25-14-9-16-6-5-7-17(10-14)31(16)23(33)34-24(2,3)4/h8,11,14,16-17,32H,5-7,9-10,12H2,1-4H3,(H3,25,26,27,28,29,30). The number of aliphatic hydroxyl groups excluding tert-OH is 1. The van der Waals surface area contributed by atoms with Gasteiger partial charge in [-0.15, -0.1) is 11.3 Å². The second-order valence-electron chi connectivity index (χ2n) is 10.5. The third kappa shape index (κ3) is 5.20. The molecule has 0 radical (unpaired) electrons. The molecule has 2 atom stereocenters. The van der Waals surface area contributed by atoms with Gasteiger partial charge in [0, 0.05) is 29.1 Å². The van der Waals surface area contributed by atoms with Crippen molar-refractivity contribution in [1.29, 1.82) is 0 Å². The molecule has 0 aromatic carbocycles. The van der Waals surface area contributed by atoms with Crippen LogP contribution in [0.3, 0.4) is 0 Å². The molecule has 0 aliphatic carbocycles. The number of aliphatic hydroxyl groups is 1. The van der Waals surface area contributed by atoms with Gasteiger partial charge in [0.15, 0.2) is 11.6 Å². The average Bonchev–Trinajstić information content (AvgIpc) is 3.37. The van der Waals surface area contributed by atoms with Gasteiger partial charge in [0.25, 0.3) is 0 Å². The topological polar surface area (TPSA) is 128 Å². The number of hydrogen-bond donors (Lipinski definition) is 4. The molecule has 5 rings (SSSR count). The third-order valence-corrected chi connectivity index (χ3v) is 7.50. The minimum atomic E-state index is -0.502. The van der Waals surface area contributed by atoms with E-state index in [0.29, 0.717) is 23.3 Å². The Morgan fingerprint density at radius 3 is 2.66 bits per heavy atom. The van der Waals surface area contributed by atoms with E-state index >= 15 is 0 Å². The number of aromatic amines is 1. The van der Waals surface area contributed by atoms with Crippen molar-refractivity contribution in [3.05, 3.63) is 22.7 Å². The molecular weight excluding hydrogens is 466 g/mol. The Hall–Kier alpha value is -2.92. The molecule has 4 N–H and O–H groups in total. The Morgan fingerprint density at radius 2 is 2.00 bits per heavy atom. The molecule has 3 aromatic rings. The van der Waals surface area contributed by atoms with Gasteiger partial charge in [-0.1, -0.05) is 0 Å². The molecule has 1 amide bonds. The molecule has 0 spiro atoms. The number of amides is 1. The number of ether oxygens (including phenoxy) is 1. The number of hydrogen-bond acceptors (Lipinski definition) is 9. The molecule has 11 heteroatoms. The van der Waals surface area contributed by atoms with Gasteiger partial charge in [0.05, 0.1) is 22.5 Å². The fourth-order valence-electron chi connectivity index (χ4n) is 5.12. The van der Waals surface area contributed by atoms with Gasteiger partial charge in [-0.25, -0.2) is 9.78 Å². The number of nitrogens with one attached hydrogen (secondary N) is 3. The number of aryl methyl sites for hydroxylation is 1. The van der Waals surface area contributed by atoms with Gasteiger partial charge in [-0.3, -0.25) is 5.10 Å². The van der Waals surface area contributed by atoms with Crippen LogP contribution in [0, 0.1) is 6.92 Å². The molecule has 2 saturated heterocycles. The second-order valence-corrected chi connectivity index (χ2v) is 11.7. The normalized spacial score (nSPS) is 22.3. The first-order valence-electron chi connectivity index (χ1n) is 12.2. The molecule has 0 saturated carbocycles. The molecule has 188 valence electrons. The lowest BCUT2D eigenvalue weighted by Crippen LogP contribution is -2.58. The summed E-state index contributed by atoms with van der Waals surface area (Å²) in [4.78, 5) is 25.6. The average molecular weight is 500 g/mol. The van der Waals surface area contributed by atoms with Gasteiger partial charge >= 0.3 is 6.09 Å². The first-order valence-corrected chi connectivity index (χ1v) is 13.0. The van der Waals surface area contributed by atoms with Crippen LogP contribution in [0.25, 0.3) is 10.2 Å². The zero-order valence-electron chi connectivity index (χ0n) is 20.6. The van der Waals surface area contributed by atoms with Crippen LogP contribution in [0.15, 0.2) is 12.1 Å². The molecule has 5 heterocycles. The fraction of sp³-hybridized carbons (Fsp3) is 0.583. The summed E-state index contributed by atoms with van der Waals surface area (Å²) < 4.78 is 6.67. The molecule has 3 aromatic heterocycles. The molecule has 2 bridgehead atoms. The Kier molecular flexibility index (Phi) is 6.30. The number of thiophene rings is 1. The van der Waals surface area contributed by atoms with E-state index in [9.17, 15) is 9.90 Å². The van der Waals surface area contributed by atoms with Gasteiger partial charge in [0.2, 0.25) is 5.95 Å². The van der Waals surface area contributed by atoms with Crippen LogP contribution >= 0.6 is 11.3 Å². The van der Waals surface area contributed by atoms with Gasteiger partial charge in [0.1, 0.15) is 5.60 Å². The second kappa shape index (κ2) is 9.27. The highest BCUT2D eigenvalue weighted by atomic mass is 32.1. The van der Waals surface area contributed by atoms with E-state index < -0.39 is 5.60 Å². The molecule has 2 unspecified atom stereocenters. The highest BCUT2D eigenvalue weighted by Crippen LogP contribution is 2.37. The van der Waals surface area contributed by atoms with Crippen LogP contribution in [-0.4, -0.2) is 60.0 Å². The first-order chi connectivity index (χ1) is 16.7. The Morgan fingerprint density at radius 1 is 1.26 bits per heavy atom. The predicted octanol–water partition coefficient (Wildman–Crippen LogP) is 4.69. The number of H-pyrrole nitrogens is 1. The maximum Gasteiger partial charge on any atom is 0.410 e. The fourth-order valence-corrected chi connectivity index (χ4v) is 6.02. The van der Waals surface area contributed by atoms with Crippen molar-refractivity contribution in [2.75, 3.05) is 10.6 Å². The van der Waals surface area contributed by atoms with Crippen LogP contribution in [0.2, 0.25) is 0 Å². The first kappa shape index (κ1) is 23.8. The quantitative estimate of drug-likeness (QED) is 0.398. The SMILES string of the molecule is Cc1cc2nc(NC3CC4CCCC(C3)N4C(=O)OC(C)(C)C)nc(Nc3cc(CO)[nH]n3)c2s1. The van der Waals surface area contributed by atoms with Crippen molar-refractivity contribution in [3.63, 3.8) is 0 Å². The maximum absolute atomic E-state index is 12.9. The maximum atomic E-state index is 12.9. The van der Waals surface area contributed by atoms with Crippen LogP contribution in [0.1, 0.15) is 63.4 Å². The number of carbonyl (C=O) groups excluding carboxylic acids is 1. The largest absolute Gasteiger partial charge is 0.444 e. The summed E-state index contributed by atoms with van der Waals surface area (Å²) in [6.07, 6.45) is 4.56. The lowest BCUT2D eigenvalue weighted by molar-refractivity contribution is -0.0199. The van der Waals surface area contributed by atoms with E-state index in [1.807, 2.05) is 25.7 Å². The number of anilines is 3. The minimum Gasteiger partial charge on any atom is -0.444 e. The van der Waals surface area contributed by atoms with Gasteiger partial charge < -0.3 is 25.4 Å². The van der Waals surface area contributed by atoms with Gasteiger partial charge in [-0.2, -0.15) is 10.1 Å². The van der Waals surface area contributed by atoms with E-state index in [-0.39, 0.29) is 30.8 Å². The van der Waals surface area contributed by atoms with Crippen molar-refractivity contribution in [2.24, 2.45) is 0 Å². The van der Waals surface area contributed by atoms with E-state index in [1.54, 1.807) is 17.4 Å². The summed E-state index contributed by atoms with van der Waals surface area (Å²) in [5.74, 6) is 1.83. The molecule has 35 heavy (non-hydrogen) atoms. The highest BCUT2D eigenvalue weighted by Gasteiger charge is 2.42. The lowest BCUT2D eigenvalue weighted by Gasteiger charge is -2.48. The summed E-state index contributed by atoms with van der Waals surface area (Å²) in [5, 5.41) is 23.2. The Labute approximate surface area is 208 Å². The van der Waals surface area contributed by atoms with Crippen molar-refractivity contribution < 1.29 is 14.6 Å². The number of fused-ring (bicyclic) bond motifs is 3. The summed E-state index contributed by atoms with van der Waals surface area (Å²) in [6, 6.07) is 4.29. The van der Waals surface area contributed by atoms with Crippen LogP contribution < -0.4 is 10.6 Å². The molecule has 2 aliphatic rings. The van der Waals surface area contributed by atoms with Crippen LogP contribution in [-0.2, 0) is 11.3 Å². The van der Waals surface area contributed by atoms with Crippen LogP contribution in [0.5, 0.6) is 0 Å². The van der Waals surface area contributed by atoms with Crippen molar-refractivity contribution in [2.45, 2.75) is 90.1 Å². The number of nitrogens with zero attached hydrogens (tertiary/aromatic N) is 4. The summed E-state index contributed by atoms with van der Waals surface area (Å²) in [6.45, 7) is 7.67. The smallest absolute Gasteiger partial charge is 0.410 e. The minimum absolute atomic E-state index is 0.108. The molecular formula is C24H33N7O3S. The highest BCUT2D eigenvalue weighted by molar-refractivity contribution is 7.19. The molecule has 2 aliphatic heterocycles. The monoisotopic (exact) mass is 499 g/mol. The Balaban J connectivity index is 1.35. The predicted molar refractivity (Wildman–Crippen MR) is 136 cm³/mol. The van der Waals surface area contributed by atoms with E-state index in [2.05, 4.69) is 33.8 Å². The van der Waals surface area contributed by atoms with E-state index in [1.165, 1.54) is 0 Å². The third-order valence-electron chi connectivity index (χ3n) is 6.45. The van der Waals surface area contributed by atoms with Gasteiger partial charge in [-0.05, 0) is 65.9 Å². The summed E-state index contributed by atoms with van der Waals surface area (Å²) in [7, 11) is 0. The number of rotatable bonds is 5. The van der Waals surface area contributed by atoms with Crippen molar-refractivity contribution in [3.8, 4) is 0 Å². The Bertz CT molecular complexity index is 1200. The molecule has 2 fully saturated rings. The number of carbonyl (C=O) groups is 1.